The molecular formula is C17H20N2O2. The van der Waals surface area contributed by atoms with Gasteiger partial charge in [0.15, 0.2) is 0 Å². The van der Waals surface area contributed by atoms with Crippen LogP contribution in [-0.2, 0) is 24.2 Å². The number of nitrogens with one attached hydrogen (secondary N) is 1. The number of hydrogen-bond donors (Lipinski definition) is 2. The molecule has 1 aliphatic carbocycles. The van der Waals surface area contributed by atoms with Crippen LogP contribution in [0, 0.1) is 0 Å². The molecule has 1 atom stereocenters. The van der Waals surface area contributed by atoms with Gasteiger partial charge in [-0.1, -0.05) is 24.3 Å². The number of carbonyl (C=O) groups is 1. The molecule has 0 radical (unpaired) electrons. The Balaban J connectivity index is 1.68. The summed E-state index contributed by atoms with van der Waals surface area (Å²) < 4.78 is 5.45. The lowest BCUT2D eigenvalue weighted by molar-refractivity contribution is -0.121. The first-order valence-electron chi connectivity index (χ1n) is 7.40. The van der Waals surface area contributed by atoms with Gasteiger partial charge in [0, 0.05) is 18.5 Å². The molecule has 1 amide bonds. The molecule has 0 fully saturated rings. The van der Waals surface area contributed by atoms with Gasteiger partial charge >= 0.3 is 0 Å². The van der Waals surface area contributed by atoms with Crippen LogP contribution < -0.4 is 11.1 Å². The van der Waals surface area contributed by atoms with E-state index in [0.717, 1.165) is 41.7 Å². The molecule has 1 aromatic carbocycles. The summed E-state index contributed by atoms with van der Waals surface area (Å²) in [7, 11) is 0. The first-order valence-corrected chi connectivity index (χ1v) is 7.40. The Morgan fingerprint density at radius 3 is 2.90 bits per heavy atom. The van der Waals surface area contributed by atoms with Crippen molar-refractivity contribution in [3.8, 4) is 0 Å². The van der Waals surface area contributed by atoms with E-state index in [4.69, 9.17) is 10.2 Å². The molecule has 3 N–H and O–H groups in total. The summed E-state index contributed by atoms with van der Waals surface area (Å²) in [6.07, 6.45) is 5.06. The molecule has 2 aromatic rings. The zero-order chi connectivity index (χ0) is 14.7. The van der Waals surface area contributed by atoms with Crippen LogP contribution in [0.25, 0.3) is 0 Å². The second kappa shape index (κ2) is 6.14. The number of furan rings is 1. The van der Waals surface area contributed by atoms with Gasteiger partial charge in [0.1, 0.15) is 5.76 Å². The molecule has 21 heavy (non-hydrogen) atoms. The lowest BCUT2D eigenvalue weighted by Gasteiger charge is -2.23. The molecule has 4 nitrogen and oxygen atoms in total. The van der Waals surface area contributed by atoms with Crippen molar-refractivity contribution in [3.63, 3.8) is 0 Å². The standard InChI is InChI=1S/C17H20N2O2/c18-11-13-5-2-1-4-12(13)10-17(20)19-15-6-3-7-16-14(15)8-9-21-16/h1-2,4-5,8-9,15H,3,6-7,10-11,18H2,(H,19,20). The first-order chi connectivity index (χ1) is 10.3. The normalized spacial score (nSPS) is 17.3. The predicted octanol–water partition coefficient (Wildman–Crippen LogP) is 2.47. The largest absolute Gasteiger partial charge is 0.469 e. The van der Waals surface area contributed by atoms with E-state index in [1.807, 2.05) is 30.3 Å². The van der Waals surface area contributed by atoms with E-state index in [1.54, 1.807) is 6.26 Å². The van der Waals surface area contributed by atoms with Crippen LogP contribution in [0.15, 0.2) is 41.0 Å². The molecule has 1 aromatic heterocycles. The number of benzene rings is 1. The quantitative estimate of drug-likeness (QED) is 0.906. The third-order valence-electron chi connectivity index (χ3n) is 4.08. The van der Waals surface area contributed by atoms with E-state index in [1.165, 1.54) is 0 Å². The van der Waals surface area contributed by atoms with Crippen LogP contribution in [0.3, 0.4) is 0 Å². The zero-order valence-corrected chi connectivity index (χ0v) is 12.0. The van der Waals surface area contributed by atoms with E-state index in [2.05, 4.69) is 5.32 Å². The van der Waals surface area contributed by atoms with Crippen LogP contribution >= 0.6 is 0 Å². The van der Waals surface area contributed by atoms with Crippen molar-refractivity contribution in [1.82, 2.24) is 5.32 Å². The van der Waals surface area contributed by atoms with Crippen molar-refractivity contribution in [2.45, 2.75) is 38.3 Å². The summed E-state index contributed by atoms with van der Waals surface area (Å²) in [6, 6.07) is 9.86. The third-order valence-corrected chi connectivity index (χ3v) is 4.08. The van der Waals surface area contributed by atoms with Crippen LogP contribution in [-0.4, -0.2) is 5.91 Å². The maximum atomic E-state index is 12.3. The van der Waals surface area contributed by atoms with Gasteiger partial charge in [0.2, 0.25) is 5.91 Å². The lowest BCUT2D eigenvalue weighted by Crippen LogP contribution is -2.31. The molecule has 3 rings (SSSR count). The highest BCUT2D eigenvalue weighted by Crippen LogP contribution is 2.30. The number of hydrogen-bond acceptors (Lipinski definition) is 3. The molecule has 110 valence electrons. The van der Waals surface area contributed by atoms with Gasteiger partial charge in [-0.3, -0.25) is 4.79 Å². The smallest absolute Gasteiger partial charge is 0.224 e. The number of fused-ring (bicyclic) bond motifs is 1. The van der Waals surface area contributed by atoms with E-state index < -0.39 is 0 Å². The van der Waals surface area contributed by atoms with Gasteiger partial charge in [-0.05, 0) is 30.0 Å². The van der Waals surface area contributed by atoms with Crippen LogP contribution in [0.4, 0.5) is 0 Å². The van der Waals surface area contributed by atoms with Crippen molar-refractivity contribution in [3.05, 3.63) is 59.0 Å². The van der Waals surface area contributed by atoms with Gasteiger partial charge < -0.3 is 15.5 Å². The number of aryl methyl sites for hydroxylation is 1. The molecule has 0 bridgehead atoms. The van der Waals surface area contributed by atoms with Crippen molar-refractivity contribution < 1.29 is 9.21 Å². The third kappa shape index (κ3) is 3.00. The molecule has 0 saturated heterocycles. The summed E-state index contributed by atoms with van der Waals surface area (Å²) in [5.41, 5.74) is 8.87. The van der Waals surface area contributed by atoms with Gasteiger partial charge in [0.25, 0.3) is 0 Å². The summed E-state index contributed by atoms with van der Waals surface area (Å²) in [4.78, 5) is 12.3. The average molecular weight is 284 g/mol. The van der Waals surface area contributed by atoms with Crippen LogP contribution in [0.2, 0.25) is 0 Å². The monoisotopic (exact) mass is 284 g/mol. The molecule has 0 spiro atoms. The Labute approximate surface area is 124 Å². The second-order valence-electron chi connectivity index (χ2n) is 5.46. The molecular weight excluding hydrogens is 264 g/mol. The molecule has 4 heteroatoms. The summed E-state index contributed by atoms with van der Waals surface area (Å²) >= 11 is 0. The van der Waals surface area contributed by atoms with Crippen LogP contribution in [0.5, 0.6) is 0 Å². The number of rotatable bonds is 4. The Kier molecular flexibility index (Phi) is 4.06. The Bertz CT molecular complexity index is 633. The summed E-state index contributed by atoms with van der Waals surface area (Å²) in [5, 5.41) is 3.12. The van der Waals surface area contributed by atoms with E-state index in [-0.39, 0.29) is 11.9 Å². The first kappa shape index (κ1) is 13.9. The fraction of sp³-hybridized carbons (Fsp3) is 0.353. The van der Waals surface area contributed by atoms with Gasteiger partial charge in [-0.15, -0.1) is 0 Å². The minimum absolute atomic E-state index is 0.0370. The molecule has 0 saturated carbocycles. The average Bonchev–Trinajstić information content (AvgIpc) is 2.97. The fourth-order valence-electron chi connectivity index (χ4n) is 2.98. The Morgan fingerprint density at radius 2 is 2.10 bits per heavy atom. The lowest BCUT2D eigenvalue weighted by atomic mass is 9.93. The predicted molar refractivity (Wildman–Crippen MR) is 80.6 cm³/mol. The van der Waals surface area contributed by atoms with E-state index in [9.17, 15) is 4.79 Å². The van der Waals surface area contributed by atoms with Crippen LogP contribution in [0.1, 0.15) is 41.3 Å². The molecule has 0 aliphatic heterocycles. The maximum Gasteiger partial charge on any atom is 0.224 e. The van der Waals surface area contributed by atoms with Gasteiger partial charge in [-0.2, -0.15) is 0 Å². The van der Waals surface area contributed by atoms with Gasteiger partial charge in [0.05, 0.1) is 18.7 Å². The topological polar surface area (TPSA) is 68.3 Å². The summed E-state index contributed by atoms with van der Waals surface area (Å²) in [5.74, 6) is 1.05. The van der Waals surface area contributed by atoms with Crippen molar-refractivity contribution >= 4 is 5.91 Å². The highest BCUT2D eigenvalue weighted by atomic mass is 16.3. The fourth-order valence-corrected chi connectivity index (χ4v) is 2.98. The van der Waals surface area contributed by atoms with Crippen molar-refractivity contribution in [1.29, 1.82) is 0 Å². The Hall–Kier alpha value is -2.07. The molecule has 1 unspecified atom stereocenters. The van der Waals surface area contributed by atoms with E-state index >= 15 is 0 Å². The van der Waals surface area contributed by atoms with E-state index in [0.29, 0.717) is 13.0 Å². The highest BCUT2D eigenvalue weighted by molar-refractivity contribution is 5.79. The minimum atomic E-state index is 0.0370. The Morgan fingerprint density at radius 1 is 1.29 bits per heavy atom. The van der Waals surface area contributed by atoms with Crippen molar-refractivity contribution in [2.24, 2.45) is 5.73 Å². The molecule has 1 aliphatic rings. The van der Waals surface area contributed by atoms with Crippen molar-refractivity contribution in [2.75, 3.05) is 0 Å². The number of nitrogens with two attached hydrogens (primary N) is 1. The van der Waals surface area contributed by atoms with Gasteiger partial charge in [-0.25, -0.2) is 0 Å². The molecule has 1 heterocycles. The minimum Gasteiger partial charge on any atom is -0.469 e. The number of amides is 1. The maximum absolute atomic E-state index is 12.3. The highest BCUT2D eigenvalue weighted by Gasteiger charge is 2.24. The zero-order valence-electron chi connectivity index (χ0n) is 12.0. The number of carbonyl (C=O) groups excluding carboxylic acids is 1. The second-order valence-corrected chi connectivity index (χ2v) is 5.46. The summed E-state index contributed by atoms with van der Waals surface area (Å²) in [6.45, 7) is 0.457. The SMILES string of the molecule is NCc1ccccc1CC(=O)NC1CCCc2occc21.